The molecule has 6 heteroatoms. The van der Waals surface area contributed by atoms with Crippen LogP contribution < -0.4 is 10.6 Å². The van der Waals surface area contributed by atoms with E-state index < -0.39 is 12.1 Å². The van der Waals surface area contributed by atoms with Gasteiger partial charge in [0, 0.05) is 18.1 Å². The van der Waals surface area contributed by atoms with E-state index in [1.807, 2.05) is 25.2 Å². The van der Waals surface area contributed by atoms with Crippen LogP contribution in [0, 0.1) is 0 Å². The fraction of sp³-hybridized carbons (Fsp3) is 0.667. The fourth-order valence-corrected chi connectivity index (χ4v) is 1.35. The second-order valence-electron chi connectivity index (χ2n) is 4.04. The van der Waals surface area contributed by atoms with Crippen molar-refractivity contribution in [1.29, 1.82) is 0 Å². The third-order valence-corrected chi connectivity index (χ3v) is 2.04. The van der Waals surface area contributed by atoms with Gasteiger partial charge in [-0.2, -0.15) is 13.2 Å². The molecule has 1 amide bonds. The number of rotatable bonds is 2. The summed E-state index contributed by atoms with van der Waals surface area (Å²) in [6.07, 6.45) is -1.20. The monoisotopic (exact) mass is 222 g/mol. The van der Waals surface area contributed by atoms with Crippen molar-refractivity contribution in [1.82, 2.24) is 10.6 Å². The maximum Gasteiger partial charge on any atom is 0.471 e. The van der Waals surface area contributed by atoms with Crippen LogP contribution in [0.25, 0.3) is 0 Å². The summed E-state index contributed by atoms with van der Waals surface area (Å²) in [5.41, 5.74) is -0.229. The Bertz CT molecular complexity index is 284. The Morgan fingerprint density at radius 1 is 1.53 bits per heavy atom. The van der Waals surface area contributed by atoms with Crippen molar-refractivity contribution in [2.24, 2.45) is 0 Å². The average Bonchev–Trinajstić information content (AvgIpc) is 2.39. The van der Waals surface area contributed by atoms with Crippen LogP contribution in [-0.4, -0.2) is 30.2 Å². The average molecular weight is 222 g/mol. The lowest BCUT2D eigenvalue weighted by Gasteiger charge is -2.20. The molecule has 1 rings (SSSR count). The van der Waals surface area contributed by atoms with Crippen LogP contribution in [0.1, 0.15) is 13.8 Å². The van der Waals surface area contributed by atoms with Gasteiger partial charge in [-0.05, 0) is 13.8 Å². The Balaban J connectivity index is 2.35. The number of alkyl halides is 3. The van der Waals surface area contributed by atoms with Crippen LogP contribution in [0.2, 0.25) is 0 Å². The first-order chi connectivity index (χ1) is 6.71. The van der Waals surface area contributed by atoms with Crippen LogP contribution >= 0.6 is 0 Å². The molecule has 0 unspecified atom stereocenters. The summed E-state index contributed by atoms with van der Waals surface area (Å²) in [4.78, 5) is 10.5. The van der Waals surface area contributed by atoms with Crippen LogP contribution in [0.4, 0.5) is 13.2 Å². The predicted octanol–water partition coefficient (Wildman–Crippen LogP) is 0.971. The number of carbonyl (C=O) groups is 1. The van der Waals surface area contributed by atoms with Crippen LogP contribution in [-0.2, 0) is 4.79 Å². The van der Waals surface area contributed by atoms with Gasteiger partial charge in [-0.25, -0.2) is 0 Å². The highest BCUT2D eigenvalue weighted by atomic mass is 19.4. The lowest BCUT2D eigenvalue weighted by molar-refractivity contribution is -0.173. The summed E-state index contributed by atoms with van der Waals surface area (Å²) < 4.78 is 35.5. The molecule has 1 heterocycles. The Labute approximate surface area is 85.7 Å². The van der Waals surface area contributed by atoms with E-state index in [1.54, 1.807) is 6.08 Å². The molecule has 1 aliphatic heterocycles. The van der Waals surface area contributed by atoms with Gasteiger partial charge in [-0.1, -0.05) is 12.2 Å². The van der Waals surface area contributed by atoms with E-state index in [2.05, 4.69) is 5.32 Å². The number of hydrogen-bond donors (Lipinski definition) is 2. The number of nitrogens with one attached hydrogen (secondary N) is 2. The summed E-state index contributed by atoms with van der Waals surface area (Å²) >= 11 is 0. The van der Waals surface area contributed by atoms with Gasteiger partial charge in [0.1, 0.15) is 0 Å². The number of carbonyl (C=O) groups excluding carboxylic acids is 1. The summed E-state index contributed by atoms with van der Waals surface area (Å²) in [5.74, 6) is -1.90. The quantitative estimate of drug-likeness (QED) is 0.683. The van der Waals surface area contributed by atoms with Gasteiger partial charge in [0.2, 0.25) is 0 Å². The number of hydrogen-bond acceptors (Lipinski definition) is 2. The van der Waals surface area contributed by atoms with Gasteiger partial charge in [0.05, 0.1) is 0 Å². The molecule has 1 atom stereocenters. The molecule has 0 radical (unpaired) electrons. The van der Waals surface area contributed by atoms with Gasteiger partial charge < -0.3 is 10.6 Å². The SMILES string of the molecule is CC1(C)C=C[C@@H](CNC(=O)C(F)(F)F)N1. The van der Waals surface area contributed by atoms with Gasteiger partial charge in [0.25, 0.3) is 0 Å². The first kappa shape index (κ1) is 12.0. The maximum atomic E-state index is 11.8. The molecule has 0 aromatic carbocycles. The Morgan fingerprint density at radius 2 is 2.13 bits per heavy atom. The van der Waals surface area contributed by atoms with E-state index in [4.69, 9.17) is 0 Å². The van der Waals surface area contributed by atoms with Crippen molar-refractivity contribution < 1.29 is 18.0 Å². The summed E-state index contributed by atoms with van der Waals surface area (Å²) in [6, 6.07) is -0.244. The summed E-state index contributed by atoms with van der Waals surface area (Å²) in [7, 11) is 0. The first-order valence-electron chi connectivity index (χ1n) is 4.53. The third-order valence-electron chi connectivity index (χ3n) is 2.04. The van der Waals surface area contributed by atoms with Gasteiger partial charge in [-0.15, -0.1) is 0 Å². The number of halogens is 3. The van der Waals surface area contributed by atoms with Crippen LogP contribution in [0.3, 0.4) is 0 Å². The molecular weight excluding hydrogens is 209 g/mol. The molecule has 86 valence electrons. The van der Waals surface area contributed by atoms with Crippen LogP contribution in [0.5, 0.6) is 0 Å². The van der Waals surface area contributed by atoms with Crippen molar-refractivity contribution >= 4 is 5.91 Å². The van der Waals surface area contributed by atoms with E-state index in [0.29, 0.717) is 0 Å². The van der Waals surface area contributed by atoms with Crippen molar-refractivity contribution in [3.63, 3.8) is 0 Å². The second kappa shape index (κ2) is 3.84. The first-order valence-corrected chi connectivity index (χ1v) is 4.53. The molecule has 0 fully saturated rings. The fourth-order valence-electron chi connectivity index (χ4n) is 1.35. The Kier molecular flexibility index (Phi) is 3.08. The highest BCUT2D eigenvalue weighted by Crippen LogP contribution is 2.15. The molecule has 2 N–H and O–H groups in total. The van der Waals surface area contributed by atoms with Gasteiger partial charge >= 0.3 is 12.1 Å². The zero-order valence-corrected chi connectivity index (χ0v) is 8.48. The molecule has 0 bridgehead atoms. The molecule has 0 saturated heterocycles. The molecule has 0 aromatic heterocycles. The maximum absolute atomic E-state index is 11.8. The normalized spacial score (nSPS) is 24.2. The smallest absolute Gasteiger partial charge is 0.346 e. The van der Waals surface area contributed by atoms with Crippen molar-refractivity contribution in [2.45, 2.75) is 31.6 Å². The third kappa shape index (κ3) is 3.54. The van der Waals surface area contributed by atoms with E-state index >= 15 is 0 Å². The zero-order chi connectivity index (χ0) is 11.7. The Morgan fingerprint density at radius 3 is 2.53 bits per heavy atom. The van der Waals surface area contributed by atoms with Crippen molar-refractivity contribution in [3.8, 4) is 0 Å². The molecule has 1 aliphatic rings. The topological polar surface area (TPSA) is 41.1 Å². The molecule has 0 aromatic rings. The minimum absolute atomic E-state index is 0.0573. The van der Waals surface area contributed by atoms with Crippen molar-refractivity contribution in [3.05, 3.63) is 12.2 Å². The molecule has 3 nitrogen and oxygen atoms in total. The summed E-state index contributed by atoms with van der Waals surface area (Å²) in [6.45, 7) is 3.74. The van der Waals surface area contributed by atoms with E-state index in [-0.39, 0.29) is 18.1 Å². The van der Waals surface area contributed by atoms with Gasteiger partial charge in [0.15, 0.2) is 0 Å². The van der Waals surface area contributed by atoms with Crippen LogP contribution in [0.15, 0.2) is 12.2 Å². The minimum Gasteiger partial charge on any atom is -0.346 e. The lowest BCUT2D eigenvalue weighted by Crippen LogP contribution is -2.47. The zero-order valence-electron chi connectivity index (χ0n) is 8.48. The highest BCUT2D eigenvalue weighted by Gasteiger charge is 2.38. The minimum atomic E-state index is -4.81. The highest BCUT2D eigenvalue weighted by molar-refractivity contribution is 5.81. The molecule has 0 spiro atoms. The van der Waals surface area contributed by atoms with E-state index in [9.17, 15) is 18.0 Å². The number of amides is 1. The van der Waals surface area contributed by atoms with Crippen molar-refractivity contribution in [2.75, 3.05) is 6.54 Å². The predicted molar refractivity (Wildman–Crippen MR) is 49.2 cm³/mol. The van der Waals surface area contributed by atoms with E-state index in [0.717, 1.165) is 0 Å². The molecule has 15 heavy (non-hydrogen) atoms. The molecule has 0 aliphatic carbocycles. The molecule has 0 saturated carbocycles. The van der Waals surface area contributed by atoms with E-state index in [1.165, 1.54) is 0 Å². The Hall–Kier alpha value is -1.04. The standard InChI is InChI=1S/C9H13F3N2O/c1-8(2)4-3-6(14-8)5-13-7(15)9(10,11)12/h3-4,6,14H,5H2,1-2H3,(H,13,15)/t6-/m0/s1. The lowest BCUT2D eigenvalue weighted by atomic mass is 10.1. The largest absolute Gasteiger partial charge is 0.471 e. The second-order valence-corrected chi connectivity index (χ2v) is 4.04. The molecular formula is C9H13F3N2O. The van der Waals surface area contributed by atoms with Gasteiger partial charge in [-0.3, -0.25) is 4.79 Å². The summed E-state index contributed by atoms with van der Waals surface area (Å²) in [5, 5.41) is 4.87.